The van der Waals surface area contributed by atoms with Crippen LogP contribution in [0.15, 0.2) is 36.4 Å². The minimum atomic E-state index is 0.130. The molecule has 2 aliphatic heterocycles. The summed E-state index contributed by atoms with van der Waals surface area (Å²) in [6.45, 7) is 5.58. The maximum Gasteiger partial charge on any atom is 0.165 e. The van der Waals surface area contributed by atoms with E-state index in [0.717, 1.165) is 42.2 Å². The number of fused-ring (bicyclic) bond motifs is 3. The molecule has 4 nitrogen and oxygen atoms in total. The highest BCUT2D eigenvalue weighted by Crippen LogP contribution is 2.51. The molecule has 0 saturated carbocycles. The van der Waals surface area contributed by atoms with E-state index in [2.05, 4.69) is 36.5 Å². The Kier molecular flexibility index (Phi) is 4.77. The molecule has 0 spiro atoms. The third-order valence-electron chi connectivity index (χ3n) is 5.47. The topological polar surface area (TPSA) is 39.7 Å². The van der Waals surface area contributed by atoms with Crippen molar-refractivity contribution in [2.45, 2.75) is 38.8 Å². The fourth-order valence-corrected chi connectivity index (χ4v) is 4.36. The Morgan fingerprint density at radius 1 is 1.19 bits per heavy atom. The van der Waals surface area contributed by atoms with E-state index >= 15 is 0 Å². The Balaban J connectivity index is 1.79. The molecular formula is C22H27NO3. The molecule has 3 atom stereocenters. The van der Waals surface area contributed by atoms with Gasteiger partial charge in [0.15, 0.2) is 11.5 Å². The summed E-state index contributed by atoms with van der Waals surface area (Å²) in [5, 5.41) is 3.77. The number of para-hydroxylation sites is 1. The first-order valence-corrected chi connectivity index (χ1v) is 9.51. The van der Waals surface area contributed by atoms with Crippen LogP contribution in [0.25, 0.3) is 0 Å². The number of benzene rings is 2. The van der Waals surface area contributed by atoms with Gasteiger partial charge in [-0.05, 0) is 38.8 Å². The van der Waals surface area contributed by atoms with Gasteiger partial charge in [-0.3, -0.25) is 0 Å². The van der Waals surface area contributed by atoms with Gasteiger partial charge in [0.05, 0.1) is 25.9 Å². The van der Waals surface area contributed by atoms with Crippen LogP contribution in [0.1, 0.15) is 48.6 Å². The number of ether oxygens (including phenoxy) is 3. The predicted octanol–water partition coefficient (Wildman–Crippen LogP) is 5.04. The zero-order valence-corrected chi connectivity index (χ0v) is 15.7. The molecule has 0 aliphatic carbocycles. The van der Waals surface area contributed by atoms with Crippen molar-refractivity contribution < 1.29 is 14.2 Å². The molecule has 1 saturated heterocycles. The maximum atomic E-state index is 6.25. The monoisotopic (exact) mass is 353 g/mol. The molecule has 2 aliphatic rings. The van der Waals surface area contributed by atoms with E-state index in [9.17, 15) is 0 Å². The minimum absolute atomic E-state index is 0.130. The standard InChI is InChI=1S/C22H27NO3/c1-4-25-19-9-5-7-16(22(19)24-3)20-15-8-6-12-26-21(15)17-13-14(2)10-11-18(17)23-20/h5,7,9-11,13,15,20-21,23H,4,6,8,12H2,1-3H3/t15-,20?,21-/m0/s1. The summed E-state index contributed by atoms with van der Waals surface area (Å²) in [7, 11) is 1.72. The largest absolute Gasteiger partial charge is 0.492 e. The molecule has 2 heterocycles. The van der Waals surface area contributed by atoms with Crippen LogP contribution in [0.5, 0.6) is 11.5 Å². The van der Waals surface area contributed by atoms with E-state index in [4.69, 9.17) is 14.2 Å². The number of anilines is 1. The average Bonchev–Trinajstić information content (AvgIpc) is 2.67. The molecule has 4 heteroatoms. The SMILES string of the molecule is CCOc1cccc(C2Nc3ccc(C)cc3[C@H]3OCCC[C@@H]23)c1OC. The normalized spacial score (nSPS) is 24.2. The van der Waals surface area contributed by atoms with Crippen molar-refractivity contribution in [1.82, 2.24) is 0 Å². The Labute approximate surface area is 155 Å². The van der Waals surface area contributed by atoms with Crippen LogP contribution in [0.3, 0.4) is 0 Å². The van der Waals surface area contributed by atoms with Crippen LogP contribution >= 0.6 is 0 Å². The zero-order valence-electron chi connectivity index (χ0n) is 15.7. The minimum Gasteiger partial charge on any atom is -0.492 e. The maximum absolute atomic E-state index is 6.25. The predicted molar refractivity (Wildman–Crippen MR) is 103 cm³/mol. The second-order valence-corrected chi connectivity index (χ2v) is 7.12. The number of hydrogen-bond donors (Lipinski definition) is 1. The quantitative estimate of drug-likeness (QED) is 0.836. The molecule has 2 aromatic rings. The van der Waals surface area contributed by atoms with Gasteiger partial charge in [-0.1, -0.05) is 29.8 Å². The van der Waals surface area contributed by atoms with Gasteiger partial charge in [0.25, 0.3) is 0 Å². The number of methoxy groups -OCH3 is 1. The van der Waals surface area contributed by atoms with Gasteiger partial charge < -0.3 is 19.5 Å². The fraction of sp³-hybridized carbons (Fsp3) is 0.455. The van der Waals surface area contributed by atoms with Gasteiger partial charge in [0.2, 0.25) is 0 Å². The van der Waals surface area contributed by atoms with Gasteiger partial charge in [0, 0.05) is 29.3 Å². The Morgan fingerprint density at radius 2 is 2.08 bits per heavy atom. The highest BCUT2D eigenvalue weighted by molar-refractivity contribution is 5.60. The van der Waals surface area contributed by atoms with Crippen LogP contribution < -0.4 is 14.8 Å². The summed E-state index contributed by atoms with van der Waals surface area (Å²) in [6.07, 6.45) is 2.36. The molecule has 2 aromatic carbocycles. The molecule has 0 aromatic heterocycles. The van der Waals surface area contributed by atoms with Gasteiger partial charge in [-0.25, -0.2) is 0 Å². The molecule has 26 heavy (non-hydrogen) atoms. The number of aryl methyl sites for hydroxylation is 1. The summed E-state index contributed by atoms with van der Waals surface area (Å²) >= 11 is 0. The van der Waals surface area contributed by atoms with Crippen molar-refractivity contribution in [2.24, 2.45) is 5.92 Å². The third-order valence-corrected chi connectivity index (χ3v) is 5.47. The first-order valence-electron chi connectivity index (χ1n) is 9.51. The highest BCUT2D eigenvalue weighted by Gasteiger charge is 2.41. The molecule has 1 unspecified atom stereocenters. The summed E-state index contributed by atoms with van der Waals surface area (Å²) in [5.41, 5.74) is 4.86. The van der Waals surface area contributed by atoms with E-state index in [0.29, 0.717) is 12.5 Å². The molecule has 4 rings (SSSR count). The lowest BCUT2D eigenvalue weighted by molar-refractivity contribution is -0.0383. The van der Waals surface area contributed by atoms with Gasteiger partial charge in [-0.2, -0.15) is 0 Å². The Hall–Kier alpha value is -2.20. The van der Waals surface area contributed by atoms with E-state index < -0.39 is 0 Å². The van der Waals surface area contributed by atoms with E-state index in [-0.39, 0.29) is 12.1 Å². The lowest BCUT2D eigenvalue weighted by Crippen LogP contribution is -2.36. The molecule has 1 N–H and O–H groups in total. The Morgan fingerprint density at radius 3 is 2.88 bits per heavy atom. The summed E-state index contributed by atoms with van der Waals surface area (Å²) in [5.74, 6) is 2.01. The van der Waals surface area contributed by atoms with Gasteiger partial charge in [-0.15, -0.1) is 0 Å². The second-order valence-electron chi connectivity index (χ2n) is 7.12. The van der Waals surface area contributed by atoms with Crippen molar-refractivity contribution in [1.29, 1.82) is 0 Å². The zero-order chi connectivity index (χ0) is 18.1. The first kappa shape index (κ1) is 17.2. The third kappa shape index (κ3) is 2.92. The molecule has 0 radical (unpaired) electrons. The van der Waals surface area contributed by atoms with E-state index in [1.807, 2.05) is 19.1 Å². The lowest BCUT2D eigenvalue weighted by Gasteiger charge is -2.43. The van der Waals surface area contributed by atoms with Crippen molar-refractivity contribution in [3.05, 3.63) is 53.1 Å². The van der Waals surface area contributed by atoms with Crippen LogP contribution in [-0.4, -0.2) is 20.3 Å². The van der Waals surface area contributed by atoms with Crippen LogP contribution in [0, 0.1) is 12.8 Å². The highest BCUT2D eigenvalue weighted by atomic mass is 16.5. The molecule has 138 valence electrons. The summed E-state index contributed by atoms with van der Waals surface area (Å²) < 4.78 is 17.8. The van der Waals surface area contributed by atoms with Crippen molar-refractivity contribution in [3.63, 3.8) is 0 Å². The number of nitrogens with one attached hydrogen (secondary N) is 1. The molecule has 0 bridgehead atoms. The molecule has 1 fully saturated rings. The fourth-order valence-electron chi connectivity index (χ4n) is 4.36. The van der Waals surface area contributed by atoms with Crippen LogP contribution in [0.2, 0.25) is 0 Å². The molecular weight excluding hydrogens is 326 g/mol. The van der Waals surface area contributed by atoms with Crippen molar-refractivity contribution in [3.8, 4) is 11.5 Å². The van der Waals surface area contributed by atoms with Crippen molar-refractivity contribution in [2.75, 3.05) is 25.6 Å². The lowest BCUT2D eigenvalue weighted by atomic mass is 9.77. The second kappa shape index (κ2) is 7.20. The van der Waals surface area contributed by atoms with Crippen molar-refractivity contribution >= 4 is 5.69 Å². The molecule has 0 amide bonds. The number of rotatable bonds is 4. The average molecular weight is 353 g/mol. The van der Waals surface area contributed by atoms with Crippen LogP contribution in [-0.2, 0) is 4.74 Å². The van der Waals surface area contributed by atoms with Gasteiger partial charge >= 0.3 is 0 Å². The van der Waals surface area contributed by atoms with E-state index in [1.54, 1.807) is 7.11 Å². The first-order chi connectivity index (χ1) is 12.7. The van der Waals surface area contributed by atoms with E-state index in [1.165, 1.54) is 11.1 Å². The smallest absolute Gasteiger partial charge is 0.165 e. The number of hydrogen-bond acceptors (Lipinski definition) is 4. The summed E-state index contributed by atoms with van der Waals surface area (Å²) in [4.78, 5) is 0. The summed E-state index contributed by atoms with van der Waals surface area (Å²) in [6, 6.07) is 12.9. The Bertz CT molecular complexity index is 789. The van der Waals surface area contributed by atoms with Crippen LogP contribution in [0.4, 0.5) is 5.69 Å². The van der Waals surface area contributed by atoms with Gasteiger partial charge in [0.1, 0.15) is 0 Å².